The number of hydrogen-bond acceptors (Lipinski definition) is 4. The Bertz CT molecular complexity index is 448. The average Bonchev–Trinajstić information content (AvgIpc) is 2.34. The van der Waals surface area contributed by atoms with Gasteiger partial charge in [-0.15, -0.1) is 0 Å². The lowest BCUT2D eigenvalue weighted by Crippen LogP contribution is -2.44. The number of rotatable bonds is 8. The van der Waals surface area contributed by atoms with Crippen LogP contribution in [0.5, 0.6) is 5.75 Å². The first-order valence-electron chi connectivity index (χ1n) is 6.61. The van der Waals surface area contributed by atoms with Crippen molar-refractivity contribution < 1.29 is 14.6 Å². The van der Waals surface area contributed by atoms with Crippen LogP contribution in [0.1, 0.15) is 20.3 Å². The Balaban J connectivity index is 2.26. The van der Waals surface area contributed by atoms with Gasteiger partial charge in [0.2, 0.25) is 0 Å². The number of benzene rings is 1. The zero-order valence-corrected chi connectivity index (χ0v) is 13.0. The van der Waals surface area contributed by atoms with Gasteiger partial charge in [0.05, 0.1) is 6.61 Å². The lowest BCUT2D eigenvalue weighted by Gasteiger charge is -2.26. The van der Waals surface area contributed by atoms with Crippen LogP contribution in [0.15, 0.2) is 24.3 Å². The summed E-state index contributed by atoms with van der Waals surface area (Å²) in [5, 5.41) is 10.5. The monoisotopic (exact) mass is 299 g/mol. The van der Waals surface area contributed by atoms with Crippen molar-refractivity contribution in [3.05, 3.63) is 29.3 Å². The number of hydrogen-bond donors (Lipinski definition) is 1. The maximum atomic E-state index is 11.2. The topological polar surface area (TPSA) is 49.8 Å². The van der Waals surface area contributed by atoms with Gasteiger partial charge in [-0.3, -0.25) is 4.79 Å². The van der Waals surface area contributed by atoms with Crippen molar-refractivity contribution in [2.75, 3.05) is 26.7 Å². The van der Waals surface area contributed by atoms with E-state index in [1.807, 2.05) is 24.1 Å². The Hall–Kier alpha value is -1.10. The Labute approximate surface area is 125 Å². The predicted octanol–water partition coefficient (Wildman–Crippen LogP) is 2.38. The Morgan fingerprint density at radius 3 is 2.80 bits per heavy atom. The fourth-order valence-corrected chi connectivity index (χ4v) is 1.98. The van der Waals surface area contributed by atoms with E-state index in [2.05, 4.69) is 0 Å². The van der Waals surface area contributed by atoms with Crippen LogP contribution in [-0.2, 0) is 4.79 Å². The first-order chi connectivity index (χ1) is 9.31. The van der Waals surface area contributed by atoms with Crippen LogP contribution in [-0.4, -0.2) is 48.1 Å². The second-order valence-corrected chi connectivity index (χ2v) is 5.66. The van der Waals surface area contributed by atoms with Gasteiger partial charge in [-0.2, -0.15) is 0 Å². The van der Waals surface area contributed by atoms with E-state index in [9.17, 15) is 9.90 Å². The van der Waals surface area contributed by atoms with Gasteiger partial charge >= 0.3 is 0 Å². The summed E-state index contributed by atoms with van der Waals surface area (Å²) in [5.41, 5.74) is -1.29. The van der Waals surface area contributed by atoms with E-state index in [0.29, 0.717) is 18.2 Å². The molecule has 0 radical (unpaired) electrons. The molecule has 0 aliphatic heterocycles. The third kappa shape index (κ3) is 5.90. The van der Waals surface area contributed by atoms with Gasteiger partial charge in [-0.1, -0.05) is 17.7 Å². The minimum Gasteiger partial charge on any atom is -0.493 e. The molecule has 1 aromatic rings. The van der Waals surface area contributed by atoms with Crippen LogP contribution in [0.3, 0.4) is 0 Å². The van der Waals surface area contributed by atoms with Crippen molar-refractivity contribution in [2.45, 2.75) is 25.9 Å². The third-order valence-electron chi connectivity index (χ3n) is 3.09. The molecule has 1 rings (SSSR count). The highest BCUT2D eigenvalue weighted by atomic mass is 35.5. The first-order valence-corrected chi connectivity index (χ1v) is 6.99. The molecule has 0 heterocycles. The number of halogens is 1. The zero-order chi connectivity index (χ0) is 15.2. The molecular weight excluding hydrogens is 278 g/mol. The maximum absolute atomic E-state index is 11.2. The zero-order valence-electron chi connectivity index (χ0n) is 12.2. The van der Waals surface area contributed by atoms with Crippen molar-refractivity contribution in [3.63, 3.8) is 0 Å². The highest BCUT2D eigenvalue weighted by Crippen LogP contribution is 2.17. The van der Waals surface area contributed by atoms with Crippen molar-refractivity contribution in [2.24, 2.45) is 0 Å². The molecule has 0 spiro atoms. The molecule has 0 saturated carbocycles. The molecular formula is C15H22ClNO3. The number of nitrogens with zero attached hydrogens (tertiary/aromatic N) is 1. The number of ether oxygens (including phenoxy) is 1. The molecule has 0 saturated heterocycles. The third-order valence-corrected chi connectivity index (χ3v) is 3.32. The van der Waals surface area contributed by atoms with Crippen LogP contribution in [0.2, 0.25) is 5.02 Å². The molecule has 0 bridgehead atoms. The summed E-state index contributed by atoms with van der Waals surface area (Å²) < 4.78 is 5.57. The molecule has 0 aliphatic rings. The normalized spacial score (nSPS) is 14.1. The number of likely N-dealkylation sites (N-methyl/N-ethyl adjacent to an activating group) is 1. The van der Waals surface area contributed by atoms with E-state index in [1.54, 1.807) is 12.1 Å². The number of carbonyl (C=O) groups is 1. The number of aliphatic hydroxyl groups is 1. The van der Waals surface area contributed by atoms with E-state index in [-0.39, 0.29) is 5.78 Å². The van der Waals surface area contributed by atoms with Gasteiger partial charge in [0.25, 0.3) is 0 Å². The van der Waals surface area contributed by atoms with Crippen molar-refractivity contribution in [1.29, 1.82) is 0 Å². The van der Waals surface area contributed by atoms with Gasteiger partial charge in [0, 0.05) is 18.1 Å². The van der Waals surface area contributed by atoms with Crippen LogP contribution in [0, 0.1) is 0 Å². The summed E-state index contributed by atoms with van der Waals surface area (Å²) in [6.45, 7) is 4.56. The molecule has 4 nitrogen and oxygen atoms in total. The summed E-state index contributed by atoms with van der Waals surface area (Å²) in [6, 6.07) is 7.27. The fourth-order valence-electron chi connectivity index (χ4n) is 1.80. The molecule has 0 aromatic heterocycles. The quantitative estimate of drug-likeness (QED) is 0.749. The van der Waals surface area contributed by atoms with Gasteiger partial charge < -0.3 is 14.7 Å². The van der Waals surface area contributed by atoms with Gasteiger partial charge in [0.1, 0.15) is 11.4 Å². The van der Waals surface area contributed by atoms with Gasteiger partial charge in [-0.05, 0) is 45.5 Å². The van der Waals surface area contributed by atoms with Crippen LogP contribution in [0.25, 0.3) is 0 Å². The molecule has 1 unspecified atom stereocenters. The molecule has 1 N–H and O–H groups in total. The van der Waals surface area contributed by atoms with Crippen LogP contribution < -0.4 is 4.74 Å². The molecule has 5 heteroatoms. The van der Waals surface area contributed by atoms with E-state index < -0.39 is 5.60 Å². The fraction of sp³-hybridized carbons (Fsp3) is 0.533. The highest BCUT2D eigenvalue weighted by molar-refractivity contribution is 6.30. The van der Waals surface area contributed by atoms with Crippen LogP contribution >= 0.6 is 11.6 Å². The first kappa shape index (κ1) is 17.0. The maximum Gasteiger partial charge on any atom is 0.162 e. The molecule has 0 aliphatic carbocycles. The second-order valence-electron chi connectivity index (χ2n) is 5.23. The summed E-state index contributed by atoms with van der Waals surface area (Å²) in [7, 11) is 1.87. The minimum absolute atomic E-state index is 0.223. The molecule has 1 aromatic carbocycles. The Morgan fingerprint density at radius 2 is 2.20 bits per heavy atom. The van der Waals surface area contributed by atoms with Crippen molar-refractivity contribution in [1.82, 2.24) is 4.90 Å². The predicted molar refractivity (Wildman–Crippen MR) is 80.4 cm³/mol. The summed E-state index contributed by atoms with van der Waals surface area (Å²) >= 11 is 5.86. The summed E-state index contributed by atoms with van der Waals surface area (Å²) in [5.74, 6) is 0.524. The lowest BCUT2D eigenvalue weighted by molar-refractivity contribution is -0.134. The van der Waals surface area contributed by atoms with Crippen molar-refractivity contribution >= 4 is 17.4 Å². The minimum atomic E-state index is -1.29. The largest absolute Gasteiger partial charge is 0.493 e. The van der Waals surface area contributed by atoms with E-state index in [0.717, 1.165) is 18.7 Å². The van der Waals surface area contributed by atoms with E-state index in [4.69, 9.17) is 16.3 Å². The van der Waals surface area contributed by atoms with Crippen LogP contribution in [0.4, 0.5) is 0 Å². The molecule has 1 atom stereocenters. The average molecular weight is 300 g/mol. The van der Waals surface area contributed by atoms with E-state index >= 15 is 0 Å². The number of carbonyl (C=O) groups excluding carboxylic acids is 1. The molecule has 0 fully saturated rings. The molecule has 0 amide bonds. The van der Waals surface area contributed by atoms with Gasteiger partial charge in [-0.25, -0.2) is 0 Å². The highest BCUT2D eigenvalue weighted by Gasteiger charge is 2.27. The Kier molecular flexibility index (Phi) is 6.46. The SMILES string of the molecule is CC(=O)C(C)(O)CN(C)CCCOc1cccc(Cl)c1. The Morgan fingerprint density at radius 1 is 1.50 bits per heavy atom. The smallest absolute Gasteiger partial charge is 0.162 e. The summed E-state index contributed by atoms with van der Waals surface area (Å²) in [6.07, 6.45) is 0.803. The second kappa shape index (κ2) is 7.62. The summed E-state index contributed by atoms with van der Waals surface area (Å²) in [4.78, 5) is 13.2. The van der Waals surface area contributed by atoms with Crippen molar-refractivity contribution in [3.8, 4) is 5.75 Å². The number of ketones is 1. The van der Waals surface area contributed by atoms with E-state index in [1.165, 1.54) is 13.8 Å². The lowest BCUT2D eigenvalue weighted by atomic mass is 10.0. The van der Waals surface area contributed by atoms with Gasteiger partial charge in [0.15, 0.2) is 5.78 Å². The molecule has 20 heavy (non-hydrogen) atoms. The molecule has 112 valence electrons. The standard InChI is InChI=1S/C15H22ClNO3/c1-12(18)15(2,19)11-17(3)8-5-9-20-14-7-4-6-13(16)10-14/h4,6-7,10,19H,5,8-9,11H2,1-3H3. The number of Topliss-reactive ketones (excluding diaryl/α,β-unsaturated/α-hetero) is 1.